The van der Waals surface area contributed by atoms with E-state index in [2.05, 4.69) is 45.9 Å². The van der Waals surface area contributed by atoms with Crippen molar-refractivity contribution in [3.05, 3.63) is 72.5 Å². The zero-order valence-corrected chi connectivity index (χ0v) is 10.3. The van der Waals surface area contributed by atoms with Gasteiger partial charge in [-0.15, -0.1) is 0 Å². The number of allylic oxidation sites excluding steroid dienone is 4. The van der Waals surface area contributed by atoms with Crippen LogP contribution in [-0.4, -0.2) is 0 Å². The second-order valence-corrected chi connectivity index (χ2v) is 4.17. The average Bonchev–Trinajstić information content (AvgIpc) is 2.28. The first-order valence-corrected chi connectivity index (χ1v) is 5.67. The first-order chi connectivity index (χ1) is 7.61. The Balaban J connectivity index is 0.000000160. The van der Waals surface area contributed by atoms with Crippen LogP contribution in [0.1, 0.15) is 30.9 Å². The van der Waals surface area contributed by atoms with E-state index in [4.69, 9.17) is 0 Å². The Morgan fingerprint density at radius 3 is 2.12 bits per heavy atom. The highest BCUT2D eigenvalue weighted by atomic mass is 14.0. The lowest BCUT2D eigenvalue weighted by molar-refractivity contribution is 0.948. The van der Waals surface area contributed by atoms with Crippen molar-refractivity contribution in [3.8, 4) is 0 Å². The molecule has 84 valence electrons. The Hall–Kier alpha value is -1.30. The molecule has 0 saturated carbocycles. The predicted octanol–water partition coefficient (Wildman–Crippen LogP) is 4.66. The molecule has 1 aromatic rings. The summed E-state index contributed by atoms with van der Waals surface area (Å²) in [5.41, 5.74) is 5.02. The maximum Gasteiger partial charge on any atom is -0.0236 e. The van der Waals surface area contributed by atoms with Gasteiger partial charge in [0.15, 0.2) is 0 Å². The van der Waals surface area contributed by atoms with Crippen molar-refractivity contribution in [2.45, 2.75) is 26.7 Å². The summed E-state index contributed by atoms with van der Waals surface area (Å²) in [6.45, 7) is 11.9. The normalized spacial score (nSPS) is 14.5. The number of hydrogen-bond donors (Lipinski definition) is 0. The Morgan fingerprint density at radius 2 is 1.75 bits per heavy atom. The number of benzene rings is 1. The maximum atomic E-state index is 3.87. The zero-order valence-electron chi connectivity index (χ0n) is 10.3. The van der Waals surface area contributed by atoms with Gasteiger partial charge in [-0.2, -0.15) is 0 Å². The summed E-state index contributed by atoms with van der Waals surface area (Å²) in [5.74, 6) is 0. The molecular weight excluding hydrogens is 192 g/mol. The molecule has 0 saturated heterocycles. The lowest BCUT2D eigenvalue weighted by Crippen LogP contribution is -1.86. The molecule has 1 aliphatic carbocycles. The maximum absolute atomic E-state index is 3.87. The van der Waals surface area contributed by atoms with Gasteiger partial charge in [-0.25, -0.2) is 0 Å². The molecule has 0 nitrogen and oxygen atoms in total. The van der Waals surface area contributed by atoms with Gasteiger partial charge in [0.25, 0.3) is 0 Å². The van der Waals surface area contributed by atoms with E-state index in [1.165, 1.54) is 29.6 Å². The zero-order chi connectivity index (χ0) is 12.0. The Morgan fingerprint density at radius 1 is 1.06 bits per heavy atom. The molecule has 0 fully saturated rings. The lowest BCUT2D eigenvalue weighted by Gasteiger charge is -2.05. The molecule has 0 amide bonds. The minimum Gasteiger partial charge on any atom is -0.0839 e. The van der Waals surface area contributed by atoms with Crippen molar-refractivity contribution in [1.82, 2.24) is 0 Å². The summed E-state index contributed by atoms with van der Waals surface area (Å²) >= 11 is 0. The molecule has 0 aromatic heterocycles. The average molecular weight is 212 g/mol. The molecular formula is C16H20. The number of hydrogen-bond acceptors (Lipinski definition) is 0. The van der Waals surface area contributed by atoms with Gasteiger partial charge in [0.1, 0.15) is 0 Å². The Kier molecular flexibility index (Phi) is 5.04. The molecule has 0 spiro atoms. The van der Waals surface area contributed by atoms with Crippen LogP contribution >= 0.6 is 0 Å². The lowest BCUT2D eigenvalue weighted by atomic mass is 10.0. The number of aryl methyl sites for hydroxylation is 1. The van der Waals surface area contributed by atoms with Crippen molar-refractivity contribution in [2.24, 2.45) is 0 Å². The van der Waals surface area contributed by atoms with Crippen molar-refractivity contribution in [2.75, 3.05) is 0 Å². The van der Waals surface area contributed by atoms with Crippen LogP contribution in [0.2, 0.25) is 0 Å². The van der Waals surface area contributed by atoms with Crippen molar-refractivity contribution >= 4 is 0 Å². The SMILES string of the molecule is [CH2]C1=C(C)CCC=C1.[CH2]c1ccccc1C. The van der Waals surface area contributed by atoms with Crippen LogP contribution < -0.4 is 0 Å². The van der Waals surface area contributed by atoms with Gasteiger partial charge in [0, 0.05) is 0 Å². The van der Waals surface area contributed by atoms with E-state index in [1.54, 1.807) is 0 Å². The first kappa shape index (κ1) is 12.8. The molecule has 0 N–H and O–H groups in total. The summed E-state index contributed by atoms with van der Waals surface area (Å²) in [5, 5.41) is 0. The third-order valence-corrected chi connectivity index (χ3v) is 2.81. The predicted molar refractivity (Wildman–Crippen MR) is 72.1 cm³/mol. The van der Waals surface area contributed by atoms with E-state index in [1.807, 2.05) is 18.2 Å². The standard InChI is InChI=1S/C8H11.C8H9/c2*1-7-5-3-4-6-8(7)2/h3,5H,1,4,6H2,2H3;3-6H,1H2,2H3. The van der Waals surface area contributed by atoms with Gasteiger partial charge < -0.3 is 0 Å². The molecule has 0 aliphatic heterocycles. The van der Waals surface area contributed by atoms with Crippen LogP contribution in [0.5, 0.6) is 0 Å². The third-order valence-electron chi connectivity index (χ3n) is 2.81. The smallest absolute Gasteiger partial charge is 0.0236 e. The fourth-order valence-electron chi connectivity index (χ4n) is 1.44. The van der Waals surface area contributed by atoms with Gasteiger partial charge >= 0.3 is 0 Å². The minimum atomic E-state index is 1.12. The fourth-order valence-corrected chi connectivity index (χ4v) is 1.44. The van der Waals surface area contributed by atoms with E-state index in [-0.39, 0.29) is 0 Å². The first-order valence-electron chi connectivity index (χ1n) is 5.67. The van der Waals surface area contributed by atoms with Crippen molar-refractivity contribution < 1.29 is 0 Å². The van der Waals surface area contributed by atoms with Gasteiger partial charge in [-0.05, 0) is 57.2 Å². The van der Waals surface area contributed by atoms with E-state index < -0.39 is 0 Å². The second-order valence-electron chi connectivity index (χ2n) is 4.17. The molecule has 0 heterocycles. The summed E-state index contributed by atoms with van der Waals surface area (Å²) in [7, 11) is 0. The summed E-state index contributed by atoms with van der Waals surface area (Å²) in [6, 6.07) is 8.08. The molecule has 2 rings (SSSR count). The van der Waals surface area contributed by atoms with Crippen molar-refractivity contribution in [3.63, 3.8) is 0 Å². The van der Waals surface area contributed by atoms with Crippen molar-refractivity contribution in [1.29, 1.82) is 0 Å². The highest BCUT2D eigenvalue weighted by molar-refractivity contribution is 5.30. The number of rotatable bonds is 0. The summed E-state index contributed by atoms with van der Waals surface area (Å²) < 4.78 is 0. The van der Waals surface area contributed by atoms with Crippen LogP contribution in [-0.2, 0) is 0 Å². The van der Waals surface area contributed by atoms with Gasteiger partial charge in [-0.3, -0.25) is 0 Å². The Bertz CT molecular complexity index is 373. The minimum absolute atomic E-state index is 1.12. The largest absolute Gasteiger partial charge is 0.0839 e. The van der Waals surface area contributed by atoms with E-state index in [0.29, 0.717) is 0 Å². The molecule has 1 aliphatic rings. The Labute approximate surface area is 99.7 Å². The van der Waals surface area contributed by atoms with Crippen LogP contribution in [0.3, 0.4) is 0 Å². The third kappa shape index (κ3) is 4.06. The second kappa shape index (κ2) is 6.32. The van der Waals surface area contributed by atoms with Gasteiger partial charge in [0.05, 0.1) is 0 Å². The highest BCUT2D eigenvalue weighted by Crippen LogP contribution is 2.16. The summed E-state index contributed by atoms with van der Waals surface area (Å²) in [4.78, 5) is 0. The summed E-state index contributed by atoms with van der Waals surface area (Å²) in [6.07, 6.45) is 6.67. The van der Waals surface area contributed by atoms with E-state index in [0.717, 1.165) is 5.56 Å². The molecule has 2 radical (unpaired) electrons. The van der Waals surface area contributed by atoms with Crippen LogP contribution in [0.4, 0.5) is 0 Å². The molecule has 0 bridgehead atoms. The van der Waals surface area contributed by atoms with Gasteiger partial charge in [0.2, 0.25) is 0 Å². The highest BCUT2D eigenvalue weighted by Gasteiger charge is 1.96. The van der Waals surface area contributed by atoms with Crippen LogP contribution in [0.15, 0.2) is 47.6 Å². The quantitative estimate of drug-likeness (QED) is 0.586. The topological polar surface area (TPSA) is 0 Å². The van der Waals surface area contributed by atoms with E-state index >= 15 is 0 Å². The fraction of sp³-hybridized carbons (Fsp3) is 0.250. The van der Waals surface area contributed by atoms with E-state index in [9.17, 15) is 0 Å². The van der Waals surface area contributed by atoms with Crippen LogP contribution in [0.25, 0.3) is 0 Å². The molecule has 0 unspecified atom stereocenters. The molecule has 16 heavy (non-hydrogen) atoms. The monoisotopic (exact) mass is 212 g/mol. The molecule has 0 heteroatoms. The van der Waals surface area contributed by atoms with Gasteiger partial charge in [-0.1, -0.05) is 42.0 Å². The van der Waals surface area contributed by atoms with Crippen LogP contribution in [0, 0.1) is 20.8 Å². The molecule has 1 aromatic carbocycles. The molecule has 0 atom stereocenters.